The largest absolute Gasteiger partial charge is 0.508 e. The van der Waals surface area contributed by atoms with Gasteiger partial charge < -0.3 is 10.8 Å². The number of para-hydroxylation sites is 1. The van der Waals surface area contributed by atoms with Crippen molar-refractivity contribution < 1.29 is 5.11 Å². The Morgan fingerprint density at radius 1 is 1.12 bits per heavy atom. The number of phenolic OH excluding ortho intramolecular Hbond substituents is 1. The summed E-state index contributed by atoms with van der Waals surface area (Å²) in [5.41, 5.74) is 10.6. The molecule has 0 bridgehead atoms. The van der Waals surface area contributed by atoms with Crippen LogP contribution in [-0.2, 0) is 6.42 Å². The minimum Gasteiger partial charge on any atom is -0.508 e. The highest BCUT2D eigenvalue weighted by Crippen LogP contribution is 2.45. The normalized spacial score (nSPS) is 22.2. The van der Waals surface area contributed by atoms with Crippen LogP contribution in [0.5, 0.6) is 5.75 Å². The molecule has 2 aromatic carbocycles. The van der Waals surface area contributed by atoms with E-state index in [1.165, 1.54) is 5.56 Å². The van der Waals surface area contributed by atoms with E-state index in [1.807, 2.05) is 24.3 Å². The van der Waals surface area contributed by atoms with Crippen LogP contribution in [0.25, 0.3) is 0 Å². The van der Waals surface area contributed by atoms with E-state index in [2.05, 4.69) is 23.2 Å². The van der Waals surface area contributed by atoms with Crippen molar-refractivity contribution in [2.24, 2.45) is 16.6 Å². The van der Waals surface area contributed by atoms with Gasteiger partial charge in [0.1, 0.15) is 11.6 Å². The molecular formula is C20H17N3O. The number of hydrogen-bond donors (Lipinski definition) is 2. The number of nitrogens with two attached hydrogens (primary N) is 1. The summed E-state index contributed by atoms with van der Waals surface area (Å²) in [7, 11) is 0. The quantitative estimate of drug-likeness (QED) is 0.847. The van der Waals surface area contributed by atoms with Crippen LogP contribution in [0.1, 0.15) is 29.0 Å². The Balaban J connectivity index is 1.93. The predicted molar refractivity (Wildman–Crippen MR) is 92.5 cm³/mol. The van der Waals surface area contributed by atoms with Crippen LogP contribution in [0.3, 0.4) is 0 Å². The molecule has 0 fully saturated rings. The van der Waals surface area contributed by atoms with E-state index in [-0.39, 0.29) is 23.4 Å². The number of nitriles is 1. The molecular weight excluding hydrogens is 298 g/mol. The smallest absolute Gasteiger partial charge is 0.138 e. The van der Waals surface area contributed by atoms with E-state index in [9.17, 15) is 10.4 Å². The van der Waals surface area contributed by atoms with Crippen LogP contribution in [0.4, 0.5) is 0 Å². The van der Waals surface area contributed by atoms with E-state index in [1.54, 1.807) is 12.1 Å². The van der Waals surface area contributed by atoms with Gasteiger partial charge in [-0.3, -0.25) is 0 Å². The maximum atomic E-state index is 10.3. The van der Waals surface area contributed by atoms with Gasteiger partial charge >= 0.3 is 0 Å². The zero-order valence-electron chi connectivity index (χ0n) is 13.1. The summed E-state index contributed by atoms with van der Waals surface area (Å²) < 4.78 is 0. The molecule has 118 valence electrons. The molecule has 3 N–H and O–H groups in total. The molecule has 0 aromatic heterocycles. The SMILES string of the molecule is N#CC1=C(N)N=C2c3ccccc3CCC2C1c1ccccc1O. The van der Waals surface area contributed by atoms with Gasteiger partial charge in [0.2, 0.25) is 0 Å². The molecule has 1 aliphatic heterocycles. The van der Waals surface area contributed by atoms with E-state index < -0.39 is 0 Å². The van der Waals surface area contributed by atoms with Gasteiger partial charge in [0.25, 0.3) is 0 Å². The summed E-state index contributed by atoms with van der Waals surface area (Å²) in [6.07, 6.45) is 1.82. The third-order valence-corrected chi connectivity index (χ3v) is 4.99. The molecule has 0 radical (unpaired) electrons. The molecule has 0 saturated carbocycles. The predicted octanol–water partition coefficient (Wildman–Crippen LogP) is 3.23. The third kappa shape index (κ3) is 2.10. The monoisotopic (exact) mass is 315 g/mol. The molecule has 1 heterocycles. The van der Waals surface area contributed by atoms with Crippen molar-refractivity contribution in [1.82, 2.24) is 0 Å². The number of benzene rings is 2. The zero-order chi connectivity index (χ0) is 16.7. The van der Waals surface area contributed by atoms with Crippen molar-refractivity contribution >= 4 is 5.71 Å². The second kappa shape index (κ2) is 5.54. The second-order valence-electron chi connectivity index (χ2n) is 6.25. The van der Waals surface area contributed by atoms with Crippen molar-refractivity contribution in [3.8, 4) is 11.8 Å². The number of phenols is 1. The van der Waals surface area contributed by atoms with Crippen molar-refractivity contribution in [3.63, 3.8) is 0 Å². The Morgan fingerprint density at radius 3 is 2.67 bits per heavy atom. The Hall–Kier alpha value is -3.06. The highest BCUT2D eigenvalue weighted by Gasteiger charge is 2.39. The van der Waals surface area contributed by atoms with Crippen LogP contribution in [-0.4, -0.2) is 10.8 Å². The number of aliphatic imine (C=N–C) groups is 1. The highest BCUT2D eigenvalue weighted by atomic mass is 16.3. The van der Waals surface area contributed by atoms with Crippen molar-refractivity contribution in [2.45, 2.75) is 18.8 Å². The maximum Gasteiger partial charge on any atom is 0.138 e. The van der Waals surface area contributed by atoms with E-state index >= 15 is 0 Å². The Bertz CT molecular complexity index is 920. The molecule has 24 heavy (non-hydrogen) atoms. The second-order valence-corrected chi connectivity index (χ2v) is 6.25. The number of aryl methyl sites for hydroxylation is 1. The summed E-state index contributed by atoms with van der Waals surface area (Å²) in [4.78, 5) is 4.57. The van der Waals surface area contributed by atoms with Crippen LogP contribution < -0.4 is 5.73 Å². The molecule has 1 aliphatic carbocycles. The topological polar surface area (TPSA) is 82.4 Å². The number of aromatic hydroxyl groups is 1. The maximum absolute atomic E-state index is 10.3. The van der Waals surface area contributed by atoms with Gasteiger partial charge in [-0.1, -0.05) is 42.5 Å². The van der Waals surface area contributed by atoms with Gasteiger partial charge in [-0.25, -0.2) is 4.99 Å². The van der Waals surface area contributed by atoms with Crippen LogP contribution in [0.15, 0.2) is 64.9 Å². The lowest BCUT2D eigenvalue weighted by atomic mass is 9.69. The molecule has 2 aliphatic rings. The molecule has 0 saturated heterocycles. The Kier molecular flexibility index (Phi) is 3.35. The summed E-state index contributed by atoms with van der Waals surface area (Å²) in [6.45, 7) is 0. The first-order chi connectivity index (χ1) is 11.7. The minimum atomic E-state index is -0.253. The highest BCUT2D eigenvalue weighted by molar-refractivity contribution is 6.06. The van der Waals surface area contributed by atoms with Crippen LogP contribution >= 0.6 is 0 Å². The first-order valence-corrected chi connectivity index (χ1v) is 8.05. The number of nitrogens with zero attached hydrogens (tertiary/aromatic N) is 2. The molecule has 4 nitrogen and oxygen atoms in total. The number of hydrogen-bond acceptors (Lipinski definition) is 4. The molecule has 2 atom stereocenters. The van der Waals surface area contributed by atoms with Crippen molar-refractivity contribution in [3.05, 3.63) is 76.6 Å². The summed E-state index contributed by atoms with van der Waals surface area (Å²) in [5, 5.41) is 20.0. The average Bonchev–Trinajstić information content (AvgIpc) is 2.61. The van der Waals surface area contributed by atoms with Gasteiger partial charge in [0, 0.05) is 17.4 Å². The molecule has 2 unspecified atom stereocenters. The fourth-order valence-electron chi connectivity index (χ4n) is 3.90. The van der Waals surface area contributed by atoms with E-state index in [4.69, 9.17) is 5.73 Å². The van der Waals surface area contributed by atoms with Crippen LogP contribution in [0, 0.1) is 17.2 Å². The Labute approximate surface area is 140 Å². The summed E-state index contributed by atoms with van der Waals surface area (Å²) >= 11 is 0. The van der Waals surface area contributed by atoms with Gasteiger partial charge in [0.05, 0.1) is 17.4 Å². The van der Waals surface area contributed by atoms with Gasteiger partial charge in [-0.05, 0) is 30.0 Å². The molecule has 0 spiro atoms. The lowest BCUT2D eigenvalue weighted by Gasteiger charge is -2.36. The van der Waals surface area contributed by atoms with Gasteiger partial charge in [0.15, 0.2) is 0 Å². The number of fused-ring (bicyclic) bond motifs is 3. The Morgan fingerprint density at radius 2 is 1.88 bits per heavy atom. The molecule has 2 aromatic rings. The zero-order valence-corrected chi connectivity index (χ0v) is 13.1. The molecule has 4 rings (SSSR count). The summed E-state index contributed by atoms with van der Waals surface area (Å²) in [6, 6.07) is 17.6. The van der Waals surface area contributed by atoms with E-state index in [0.29, 0.717) is 5.57 Å². The lowest BCUT2D eigenvalue weighted by Crippen LogP contribution is -2.34. The minimum absolute atomic E-state index is 0.0511. The van der Waals surface area contributed by atoms with Gasteiger partial charge in [-0.2, -0.15) is 5.26 Å². The van der Waals surface area contributed by atoms with Gasteiger partial charge in [-0.15, -0.1) is 0 Å². The molecule has 0 amide bonds. The van der Waals surface area contributed by atoms with Crippen LogP contribution in [0.2, 0.25) is 0 Å². The third-order valence-electron chi connectivity index (χ3n) is 4.99. The fraction of sp³-hybridized carbons (Fsp3) is 0.200. The fourth-order valence-corrected chi connectivity index (χ4v) is 3.90. The van der Waals surface area contributed by atoms with E-state index in [0.717, 1.165) is 29.7 Å². The number of allylic oxidation sites excluding steroid dienone is 1. The van der Waals surface area contributed by atoms with Crippen molar-refractivity contribution in [1.29, 1.82) is 5.26 Å². The van der Waals surface area contributed by atoms with Crippen molar-refractivity contribution in [2.75, 3.05) is 0 Å². The molecule has 4 heteroatoms. The average molecular weight is 315 g/mol. The standard InChI is InChI=1S/C20H17N3O/c21-11-16-18(14-7-3-4-8-17(14)24)15-10-9-12-5-1-2-6-13(12)19(15)23-20(16)22/h1-8,15,18,24H,9-10,22H2. The first kappa shape index (κ1) is 14.5. The number of rotatable bonds is 1. The first-order valence-electron chi connectivity index (χ1n) is 8.05. The summed E-state index contributed by atoms with van der Waals surface area (Å²) in [5.74, 6) is 0.254. The lowest BCUT2D eigenvalue weighted by molar-refractivity contribution is 0.450.